The molecule has 0 bridgehead atoms. The lowest BCUT2D eigenvalue weighted by atomic mass is 10.4. The van der Waals surface area contributed by atoms with Gasteiger partial charge in [0, 0.05) is 19.2 Å². The minimum atomic E-state index is 0.310. The molecule has 1 aromatic rings. The molecule has 0 aliphatic rings. The summed E-state index contributed by atoms with van der Waals surface area (Å²) >= 11 is 0. The number of rotatable bonds is 3. The molecule has 0 fully saturated rings. The van der Waals surface area contributed by atoms with Crippen LogP contribution in [-0.4, -0.2) is 23.1 Å². The molecule has 0 amide bonds. The van der Waals surface area contributed by atoms with Crippen molar-refractivity contribution in [2.75, 3.05) is 17.3 Å². The summed E-state index contributed by atoms with van der Waals surface area (Å²) in [6, 6.07) is 2.05. The van der Waals surface area contributed by atoms with E-state index in [1.807, 2.05) is 20.0 Å². The molecular weight excluding hydrogens is 178 g/mol. The van der Waals surface area contributed by atoms with Gasteiger partial charge in [0.25, 0.3) is 0 Å². The third-order valence-corrected chi connectivity index (χ3v) is 1.58. The van der Waals surface area contributed by atoms with E-state index in [1.165, 1.54) is 11.2 Å². The van der Waals surface area contributed by atoms with Crippen LogP contribution in [0.5, 0.6) is 0 Å². The van der Waals surface area contributed by atoms with Crippen molar-refractivity contribution >= 4 is 11.6 Å². The number of hydrogen-bond acceptors (Lipinski definition) is 5. The van der Waals surface area contributed by atoms with Gasteiger partial charge in [0.15, 0.2) is 6.19 Å². The Morgan fingerprint density at radius 2 is 2.21 bits per heavy atom. The lowest BCUT2D eigenvalue weighted by Gasteiger charge is -2.11. The second-order valence-electron chi connectivity index (χ2n) is 3.22. The monoisotopic (exact) mass is 191 g/mol. The Hall–Kier alpha value is -1.83. The van der Waals surface area contributed by atoms with E-state index in [0.29, 0.717) is 11.9 Å². The van der Waals surface area contributed by atoms with Crippen molar-refractivity contribution in [2.24, 2.45) is 0 Å². The van der Waals surface area contributed by atoms with Crippen LogP contribution in [0.25, 0.3) is 0 Å². The molecular formula is C9H13N5. The largest absolute Gasteiger partial charge is 0.368 e. The van der Waals surface area contributed by atoms with E-state index in [4.69, 9.17) is 5.26 Å². The molecule has 0 saturated carbocycles. The van der Waals surface area contributed by atoms with Crippen LogP contribution in [0.4, 0.5) is 11.6 Å². The molecule has 1 rings (SSSR count). The van der Waals surface area contributed by atoms with E-state index in [9.17, 15) is 0 Å². The van der Waals surface area contributed by atoms with Crippen LogP contribution in [0.15, 0.2) is 12.4 Å². The second kappa shape index (κ2) is 4.42. The normalized spacial score (nSPS) is 9.64. The molecule has 0 aliphatic heterocycles. The zero-order valence-electron chi connectivity index (χ0n) is 8.52. The summed E-state index contributed by atoms with van der Waals surface area (Å²) in [5.74, 6) is 1.32. The molecule has 74 valence electrons. The molecule has 1 N–H and O–H groups in total. The Kier molecular flexibility index (Phi) is 3.24. The Morgan fingerprint density at radius 1 is 1.50 bits per heavy atom. The molecule has 1 heterocycles. The van der Waals surface area contributed by atoms with Crippen molar-refractivity contribution < 1.29 is 0 Å². The maximum absolute atomic E-state index is 8.66. The van der Waals surface area contributed by atoms with Gasteiger partial charge in [-0.15, -0.1) is 0 Å². The van der Waals surface area contributed by atoms with Gasteiger partial charge in [0.2, 0.25) is 0 Å². The number of nitriles is 1. The number of anilines is 2. The van der Waals surface area contributed by atoms with Gasteiger partial charge in [-0.25, -0.2) is 9.97 Å². The first-order valence-corrected chi connectivity index (χ1v) is 4.35. The van der Waals surface area contributed by atoms with Gasteiger partial charge in [-0.2, -0.15) is 5.26 Å². The van der Waals surface area contributed by atoms with Crippen LogP contribution >= 0.6 is 0 Å². The quantitative estimate of drug-likeness (QED) is 0.574. The zero-order chi connectivity index (χ0) is 10.6. The molecule has 0 atom stereocenters. The molecule has 0 spiro atoms. The van der Waals surface area contributed by atoms with E-state index < -0.39 is 0 Å². The Bertz CT molecular complexity index is 341. The van der Waals surface area contributed by atoms with E-state index >= 15 is 0 Å². The summed E-state index contributed by atoms with van der Waals surface area (Å²) in [5, 5.41) is 11.8. The van der Waals surface area contributed by atoms with E-state index in [-0.39, 0.29) is 0 Å². The first-order chi connectivity index (χ1) is 6.63. The highest BCUT2D eigenvalue weighted by Gasteiger charge is 2.03. The van der Waals surface area contributed by atoms with Crippen LogP contribution in [0, 0.1) is 11.5 Å². The molecule has 5 nitrogen and oxygen atoms in total. The van der Waals surface area contributed by atoms with Crippen LogP contribution < -0.4 is 10.2 Å². The number of aromatic nitrogens is 2. The second-order valence-corrected chi connectivity index (χ2v) is 3.22. The molecule has 0 saturated heterocycles. The number of nitrogens with zero attached hydrogens (tertiary/aromatic N) is 4. The fourth-order valence-electron chi connectivity index (χ4n) is 0.956. The fraction of sp³-hybridized carbons (Fsp3) is 0.444. The van der Waals surface area contributed by atoms with Crippen LogP contribution in [-0.2, 0) is 0 Å². The third-order valence-electron chi connectivity index (χ3n) is 1.58. The maximum Gasteiger partial charge on any atom is 0.185 e. The summed E-state index contributed by atoms with van der Waals surface area (Å²) in [4.78, 5) is 9.39. The maximum atomic E-state index is 8.66. The van der Waals surface area contributed by atoms with Crippen LogP contribution in [0.3, 0.4) is 0 Å². The molecule has 1 aromatic heterocycles. The summed E-state index contributed by atoms with van der Waals surface area (Å²) in [5.41, 5.74) is 0. The summed E-state index contributed by atoms with van der Waals surface area (Å²) in [6.45, 7) is 4.05. The highest BCUT2D eigenvalue weighted by atomic mass is 15.2. The van der Waals surface area contributed by atoms with Crippen LogP contribution in [0.1, 0.15) is 13.8 Å². The average molecular weight is 191 g/mol. The Balaban J connectivity index is 2.85. The van der Waals surface area contributed by atoms with Crippen LogP contribution in [0.2, 0.25) is 0 Å². The highest BCUT2D eigenvalue weighted by Crippen LogP contribution is 2.12. The minimum Gasteiger partial charge on any atom is -0.368 e. The first-order valence-electron chi connectivity index (χ1n) is 4.35. The van der Waals surface area contributed by atoms with Crippen molar-refractivity contribution in [3.63, 3.8) is 0 Å². The number of hydrogen-bond donors (Lipinski definition) is 1. The van der Waals surface area contributed by atoms with Gasteiger partial charge in [0.1, 0.15) is 18.0 Å². The Morgan fingerprint density at radius 3 is 2.79 bits per heavy atom. The van der Waals surface area contributed by atoms with E-state index in [0.717, 1.165) is 5.82 Å². The van der Waals surface area contributed by atoms with E-state index in [2.05, 4.69) is 15.3 Å². The van der Waals surface area contributed by atoms with Gasteiger partial charge in [0.05, 0.1) is 0 Å². The summed E-state index contributed by atoms with van der Waals surface area (Å²) < 4.78 is 0. The molecule has 14 heavy (non-hydrogen) atoms. The lowest BCUT2D eigenvalue weighted by molar-refractivity contribution is 0.885. The fourth-order valence-corrected chi connectivity index (χ4v) is 0.956. The van der Waals surface area contributed by atoms with Crippen molar-refractivity contribution in [2.45, 2.75) is 19.9 Å². The molecule has 0 aliphatic carbocycles. The van der Waals surface area contributed by atoms with Gasteiger partial charge in [-0.3, -0.25) is 4.90 Å². The lowest BCUT2D eigenvalue weighted by Crippen LogP contribution is -2.14. The topological polar surface area (TPSA) is 64.8 Å². The van der Waals surface area contributed by atoms with Crippen molar-refractivity contribution in [1.82, 2.24) is 9.97 Å². The molecule has 0 aromatic carbocycles. The van der Waals surface area contributed by atoms with Gasteiger partial charge >= 0.3 is 0 Å². The Labute approximate surface area is 83.4 Å². The van der Waals surface area contributed by atoms with Crippen molar-refractivity contribution in [3.8, 4) is 6.19 Å². The first kappa shape index (κ1) is 10.3. The van der Waals surface area contributed by atoms with Gasteiger partial charge in [-0.05, 0) is 13.8 Å². The SMILES string of the molecule is CC(C)Nc1cc(N(C)C#N)ncn1. The van der Waals surface area contributed by atoms with Crippen molar-refractivity contribution in [3.05, 3.63) is 12.4 Å². The predicted octanol–water partition coefficient (Wildman–Crippen LogP) is 1.21. The standard InChI is InChI=1S/C9H13N5/c1-7(2)13-8-4-9(12-6-11-8)14(3)5-10/h4,6-7H,1-3H3,(H,11,12,13). The van der Waals surface area contributed by atoms with Gasteiger partial charge < -0.3 is 5.32 Å². The average Bonchev–Trinajstić information content (AvgIpc) is 2.16. The summed E-state index contributed by atoms with van der Waals surface area (Å²) in [6.07, 6.45) is 3.42. The van der Waals surface area contributed by atoms with Gasteiger partial charge in [-0.1, -0.05) is 0 Å². The zero-order valence-corrected chi connectivity index (χ0v) is 8.52. The van der Waals surface area contributed by atoms with E-state index in [1.54, 1.807) is 13.1 Å². The molecule has 0 unspecified atom stereocenters. The third kappa shape index (κ3) is 2.59. The highest BCUT2D eigenvalue weighted by molar-refractivity contribution is 5.50. The molecule has 5 heteroatoms. The predicted molar refractivity (Wildman–Crippen MR) is 54.8 cm³/mol. The summed E-state index contributed by atoms with van der Waals surface area (Å²) in [7, 11) is 1.65. The number of nitrogens with one attached hydrogen (secondary N) is 1. The smallest absolute Gasteiger partial charge is 0.185 e. The molecule has 0 radical (unpaired) electrons. The minimum absolute atomic E-state index is 0.310. The van der Waals surface area contributed by atoms with Crippen molar-refractivity contribution in [1.29, 1.82) is 5.26 Å².